The quantitative estimate of drug-likeness (QED) is 0.362. The van der Waals surface area contributed by atoms with E-state index in [4.69, 9.17) is 21.1 Å². The average Bonchev–Trinajstić information content (AvgIpc) is 2.73. The highest BCUT2D eigenvalue weighted by molar-refractivity contribution is 6.18. The molecule has 1 rings (SSSR count). The molecule has 3 heteroatoms. The van der Waals surface area contributed by atoms with Gasteiger partial charge in [0.05, 0.1) is 12.5 Å². The van der Waals surface area contributed by atoms with Gasteiger partial charge in [0.1, 0.15) is 5.60 Å². The number of hydrogen-bond acceptors (Lipinski definition) is 2. The third-order valence-corrected chi connectivity index (χ3v) is 4.61. The Kier molecular flexibility index (Phi) is 8.47. The van der Waals surface area contributed by atoms with E-state index in [1.807, 2.05) is 13.8 Å². The normalized spacial score (nSPS) is 25.2. The van der Waals surface area contributed by atoms with E-state index in [1.54, 1.807) is 0 Å². The van der Waals surface area contributed by atoms with Gasteiger partial charge in [-0.2, -0.15) is 0 Å². The van der Waals surface area contributed by atoms with Crippen LogP contribution in [0, 0.1) is 0 Å². The molecule has 1 aliphatic rings. The van der Waals surface area contributed by atoms with E-state index in [1.165, 1.54) is 57.8 Å². The molecule has 2 nitrogen and oxygen atoms in total. The van der Waals surface area contributed by atoms with Gasteiger partial charge in [-0.05, 0) is 20.3 Å². The molecule has 1 atom stereocenters. The van der Waals surface area contributed by atoms with Crippen molar-refractivity contribution in [2.75, 3.05) is 12.5 Å². The highest BCUT2D eigenvalue weighted by Gasteiger charge is 2.44. The first-order chi connectivity index (χ1) is 9.54. The van der Waals surface area contributed by atoms with Gasteiger partial charge in [-0.3, -0.25) is 0 Å². The van der Waals surface area contributed by atoms with Crippen LogP contribution >= 0.6 is 11.6 Å². The summed E-state index contributed by atoms with van der Waals surface area (Å²) in [6, 6.07) is 0. The van der Waals surface area contributed by atoms with E-state index < -0.39 is 5.79 Å². The summed E-state index contributed by atoms with van der Waals surface area (Å²) in [6.07, 6.45) is 13.2. The van der Waals surface area contributed by atoms with Crippen molar-refractivity contribution in [1.29, 1.82) is 0 Å². The number of ether oxygens (including phenoxy) is 2. The Morgan fingerprint density at radius 3 is 1.90 bits per heavy atom. The molecular formula is C17H33ClO2. The Bertz CT molecular complexity index is 255. The van der Waals surface area contributed by atoms with Crippen LogP contribution in [0.25, 0.3) is 0 Å². The van der Waals surface area contributed by atoms with Crippen molar-refractivity contribution in [3.63, 3.8) is 0 Å². The summed E-state index contributed by atoms with van der Waals surface area (Å²) in [5, 5.41) is 0. The monoisotopic (exact) mass is 304 g/mol. The van der Waals surface area contributed by atoms with Crippen LogP contribution in [0.2, 0.25) is 0 Å². The molecule has 1 saturated heterocycles. The zero-order chi connectivity index (χ0) is 14.9. The molecule has 1 aliphatic heterocycles. The van der Waals surface area contributed by atoms with E-state index in [0.717, 1.165) is 6.42 Å². The molecule has 1 fully saturated rings. The highest BCUT2D eigenvalue weighted by Crippen LogP contribution is 2.35. The number of unbranched alkanes of at least 4 members (excludes halogenated alkanes) is 8. The smallest absolute Gasteiger partial charge is 0.163 e. The summed E-state index contributed by atoms with van der Waals surface area (Å²) in [7, 11) is 0. The minimum absolute atomic E-state index is 0.244. The Hall–Kier alpha value is 0.210. The van der Waals surface area contributed by atoms with Crippen molar-refractivity contribution >= 4 is 11.6 Å². The van der Waals surface area contributed by atoms with Gasteiger partial charge in [-0.25, -0.2) is 0 Å². The number of hydrogen-bond donors (Lipinski definition) is 0. The molecule has 0 aliphatic carbocycles. The molecule has 0 aromatic rings. The van der Waals surface area contributed by atoms with Gasteiger partial charge in [-0.1, -0.05) is 64.7 Å². The maximum Gasteiger partial charge on any atom is 0.163 e. The van der Waals surface area contributed by atoms with Gasteiger partial charge in [-0.15, -0.1) is 11.6 Å². The fraction of sp³-hybridized carbons (Fsp3) is 1.00. The summed E-state index contributed by atoms with van der Waals surface area (Å²) in [6.45, 7) is 6.85. The molecule has 0 saturated carbocycles. The topological polar surface area (TPSA) is 18.5 Å². The van der Waals surface area contributed by atoms with Gasteiger partial charge < -0.3 is 9.47 Å². The lowest BCUT2D eigenvalue weighted by Gasteiger charge is -2.27. The molecule has 1 heterocycles. The Morgan fingerprint density at radius 1 is 0.900 bits per heavy atom. The van der Waals surface area contributed by atoms with Crippen LogP contribution in [-0.4, -0.2) is 23.9 Å². The van der Waals surface area contributed by atoms with Crippen molar-refractivity contribution < 1.29 is 9.47 Å². The van der Waals surface area contributed by atoms with Crippen molar-refractivity contribution in [2.24, 2.45) is 0 Å². The molecule has 0 spiro atoms. The predicted octanol–water partition coefficient (Wildman–Crippen LogP) is 5.67. The lowest BCUT2D eigenvalue weighted by Crippen LogP contribution is -2.36. The maximum absolute atomic E-state index is 6.10. The van der Waals surface area contributed by atoms with Gasteiger partial charge in [0.25, 0.3) is 0 Å². The molecule has 0 N–H and O–H groups in total. The van der Waals surface area contributed by atoms with Crippen molar-refractivity contribution in [3.05, 3.63) is 0 Å². The summed E-state index contributed by atoms with van der Waals surface area (Å²) < 4.78 is 11.7. The van der Waals surface area contributed by atoms with Crippen LogP contribution in [0.5, 0.6) is 0 Å². The second-order valence-corrected chi connectivity index (χ2v) is 6.95. The predicted molar refractivity (Wildman–Crippen MR) is 86.4 cm³/mol. The minimum atomic E-state index is -0.464. The highest BCUT2D eigenvalue weighted by atomic mass is 35.5. The molecule has 0 aromatic heterocycles. The van der Waals surface area contributed by atoms with Gasteiger partial charge in [0.2, 0.25) is 0 Å². The lowest BCUT2D eigenvalue weighted by molar-refractivity contribution is -0.158. The summed E-state index contributed by atoms with van der Waals surface area (Å²) in [5.74, 6) is 0.0710. The van der Waals surface area contributed by atoms with Gasteiger partial charge in [0.15, 0.2) is 5.79 Å². The van der Waals surface area contributed by atoms with Crippen molar-refractivity contribution in [1.82, 2.24) is 0 Å². The Morgan fingerprint density at radius 2 is 1.45 bits per heavy atom. The van der Waals surface area contributed by atoms with Crippen LogP contribution in [0.1, 0.15) is 85.0 Å². The fourth-order valence-electron chi connectivity index (χ4n) is 2.90. The molecule has 0 unspecified atom stereocenters. The van der Waals surface area contributed by atoms with Crippen LogP contribution < -0.4 is 0 Å². The lowest BCUT2D eigenvalue weighted by atomic mass is 9.98. The van der Waals surface area contributed by atoms with Crippen LogP contribution in [-0.2, 0) is 9.47 Å². The largest absolute Gasteiger partial charge is 0.347 e. The maximum atomic E-state index is 6.10. The third kappa shape index (κ3) is 6.78. The molecule has 0 amide bonds. The van der Waals surface area contributed by atoms with E-state index in [-0.39, 0.29) is 5.60 Å². The van der Waals surface area contributed by atoms with Crippen LogP contribution in [0.4, 0.5) is 0 Å². The molecule has 0 bridgehead atoms. The fourth-order valence-corrected chi connectivity index (χ4v) is 3.16. The van der Waals surface area contributed by atoms with E-state index >= 15 is 0 Å². The Balaban J connectivity index is 2.03. The minimum Gasteiger partial charge on any atom is -0.347 e. The third-order valence-electron chi connectivity index (χ3n) is 4.12. The first-order valence-corrected chi connectivity index (χ1v) is 8.97. The zero-order valence-electron chi connectivity index (χ0n) is 13.7. The molecular weight excluding hydrogens is 272 g/mol. The first kappa shape index (κ1) is 18.3. The van der Waals surface area contributed by atoms with Crippen molar-refractivity contribution in [3.8, 4) is 0 Å². The molecule has 120 valence electrons. The van der Waals surface area contributed by atoms with Gasteiger partial charge in [0, 0.05) is 0 Å². The van der Waals surface area contributed by atoms with Crippen LogP contribution in [0.3, 0.4) is 0 Å². The summed E-state index contributed by atoms with van der Waals surface area (Å²) in [4.78, 5) is 0. The van der Waals surface area contributed by atoms with Crippen LogP contribution in [0.15, 0.2) is 0 Å². The first-order valence-electron chi connectivity index (χ1n) is 8.44. The summed E-state index contributed by atoms with van der Waals surface area (Å²) >= 11 is 6.10. The van der Waals surface area contributed by atoms with Crippen molar-refractivity contribution in [2.45, 2.75) is 96.4 Å². The average molecular weight is 305 g/mol. The standard InChI is InChI=1S/C17H33ClO2/c1-4-5-6-7-8-9-10-11-12-13-17(14-18)15-19-16(2,3)20-17/h4-15H2,1-3H3/t17-/m1/s1. The second kappa shape index (κ2) is 9.27. The summed E-state index contributed by atoms with van der Waals surface area (Å²) in [5.41, 5.74) is -0.244. The second-order valence-electron chi connectivity index (χ2n) is 6.69. The zero-order valence-corrected chi connectivity index (χ0v) is 14.4. The number of halogens is 1. The molecule has 0 aromatic carbocycles. The SMILES string of the molecule is CCCCCCCCCCC[C@@]1(CCl)COC(C)(C)O1. The van der Waals surface area contributed by atoms with E-state index in [2.05, 4.69) is 6.92 Å². The molecule has 0 radical (unpaired) electrons. The van der Waals surface area contributed by atoms with Gasteiger partial charge >= 0.3 is 0 Å². The van der Waals surface area contributed by atoms with E-state index in [0.29, 0.717) is 12.5 Å². The van der Waals surface area contributed by atoms with E-state index in [9.17, 15) is 0 Å². The number of rotatable bonds is 11. The molecule has 20 heavy (non-hydrogen) atoms. The number of alkyl halides is 1. The Labute approximate surface area is 130 Å².